The molecule has 0 saturated heterocycles. The number of aromatic nitrogens is 6. The Morgan fingerprint density at radius 3 is 1.56 bits per heavy atom. The van der Waals surface area contributed by atoms with E-state index in [0.29, 0.717) is 0 Å². The Morgan fingerprint density at radius 1 is 0.676 bits per heavy atom. The Morgan fingerprint density at radius 2 is 1.18 bits per heavy atom. The van der Waals surface area contributed by atoms with Gasteiger partial charge < -0.3 is 9.19 Å². The predicted molar refractivity (Wildman–Crippen MR) is 140 cm³/mol. The summed E-state index contributed by atoms with van der Waals surface area (Å²) in [7, 11) is 0. The summed E-state index contributed by atoms with van der Waals surface area (Å²) >= 11 is 0. The molecule has 0 atom stereocenters. The van der Waals surface area contributed by atoms with Gasteiger partial charge in [-0.15, -0.1) is 0 Å². The molecule has 0 unspecified atom stereocenters. The maximum atomic E-state index is 5.17. The third-order valence-corrected chi connectivity index (χ3v) is 6.59. The number of hydrogen-bond donors (Lipinski definition) is 1. The Kier molecular flexibility index (Phi) is 5.66. The number of nitrogens with zero attached hydrogens (tertiary/aromatic N) is 5. The Bertz CT molecular complexity index is 1130. The van der Waals surface area contributed by atoms with Crippen LogP contribution in [0.3, 0.4) is 0 Å². The van der Waals surface area contributed by atoms with Gasteiger partial charge in [-0.25, -0.2) is 15.3 Å². The first-order chi connectivity index (χ1) is 15.7. The van der Waals surface area contributed by atoms with Crippen LogP contribution in [-0.4, -0.2) is 31.0 Å². The van der Waals surface area contributed by atoms with Crippen LogP contribution in [0.2, 0.25) is 0 Å². The molecule has 0 aliphatic carbocycles. The van der Waals surface area contributed by atoms with Gasteiger partial charge in [-0.1, -0.05) is 98.1 Å². The third kappa shape index (κ3) is 4.12. The van der Waals surface area contributed by atoms with E-state index in [1.807, 2.05) is 0 Å². The topological polar surface area (TPSA) is 55.3 Å². The smallest absolute Gasteiger partial charge is 0.350 e. The monoisotopic (exact) mass is 458 g/mol. The minimum Gasteiger partial charge on any atom is -0.350 e. The van der Waals surface area contributed by atoms with Gasteiger partial charge in [-0.2, -0.15) is 0 Å². The zero-order valence-electron chi connectivity index (χ0n) is 22.2. The first-order valence-electron chi connectivity index (χ1n) is 12.2. The van der Waals surface area contributed by atoms with Crippen molar-refractivity contribution < 1.29 is 4.59 Å². The van der Waals surface area contributed by atoms with E-state index in [0.717, 1.165) is 22.5 Å². The third-order valence-electron chi connectivity index (χ3n) is 6.59. The van der Waals surface area contributed by atoms with E-state index >= 15 is 0 Å². The van der Waals surface area contributed by atoms with Crippen LogP contribution < -0.4 is 10.1 Å². The minimum absolute atomic E-state index is 0.0227. The number of benzene rings is 1. The Labute approximate surface area is 204 Å². The largest absolute Gasteiger partial charge is 0.565 e. The fourth-order valence-corrected chi connectivity index (χ4v) is 4.43. The lowest BCUT2D eigenvalue weighted by atomic mass is 9.53. The highest BCUT2D eigenvalue weighted by Gasteiger charge is 2.49. The normalized spacial score (nSPS) is 13.4. The van der Waals surface area contributed by atoms with Gasteiger partial charge in [0, 0.05) is 22.3 Å². The second-order valence-corrected chi connectivity index (χ2v) is 12.5. The second kappa shape index (κ2) is 8.00. The lowest BCUT2D eigenvalue weighted by Gasteiger charge is -2.34. The molecule has 0 radical (unpaired) electrons. The lowest BCUT2D eigenvalue weighted by Crippen LogP contribution is -2.82. The fourth-order valence-electron chi connectivity index (χ4n) is 4.43. The van der Waals surface area contributed by atoms with Crippen LogP contribution in [0.25, 0.3) is 0 Å². The summed E-state index contributed by atoms with van der Waals surface area (Å²) in [5.74, 6) is 0. The van der Waals surface area contributed by atoms with Gasteiger partial charge in [-0.05, 0) is 24.5 Å². The SMILES string of the molecule is CC(C)(C)c1ccn([B-](c2ccccc2)(n2ccc(C(C)(C)C)n2)[n+]2ccc(C(C)(C)C)[nH]2)n1. The number of H-pyrrole nitrogens is 1. The quantitative estimate of drug-likeness (QED) is 0.462. The molecule has 0 amide bonds. The summed E-state index contributed by atoms with van der Waals surface area (Å²) in [6, 6.07) is 17.0. The average molecular weight is 458 g/mol. The zero-order chi connectivity index (χ0) is 24.9. The van der Waals surface area contributed by atoms with Crippen molar-refractivity contribution in [2.45, 2.75) is 78.6 Å². The molecule has 0 aliphatic rings. The Balaban J connectivity index is 2.09. The molecule has 4 rings (SSSR count). The van der Waals surface area contributed by atoms with Crippen molar-refractivity contribution in [1.29, 1.82) is 0 Å². The molecular formula is C27H39BN6. The van der Waals surface area contributed by atoms with E-state index in [-0.39, 0.29) is 16.2 Å². The van der Waals surface area contributed by atoms with Crippen molar-refractivity contribution in [2.75, 3.05) is 0 Å². The van der Waals surface area contributed by atoms with Gasteiger partial charge in [0.05, 0.1) is 17.1 Å². The van der Waals surface area contributed by atoms with E-state index < -0.39 is 6.55 Å². The summed E-state index contributed by atoms with van der Waals surface area (Å²) in [5.41, 5.74) is 4.19. The van der Waals surface area contributed by atoms with Crippen molar-refractivity contribution in [3.63, 3.8) is 0 Å². The summed E-state index contributed by atoms with van der Waals surface area (Å²) in [5, 5.41) is 14.0. The zero-order valence-corrected chi connectivity index (χ0v) is 22.2. The van der Waals surface area contributed by atoms with Crippen molar-refractivity contribution >= 4 is 12.0 Å². The van der Waals surface area contributed by atoms with Gasteiger partial charge in [0.15, 0.2) is 0 Å². The van der Waals surface area contributed by atoms with Gasteiger partial charge in [0.25, 0.3) is 0 Å². The molecule has 4 aromatic rings. The molecule has 0 aliphatic heterocycles. The molecule has 34 heavy (non-hydrogen) atoms. The summed E-state index contributed by atoms with van der Waals surface area (Å²) in [6.45, 7) is 18.0. The predicted octanol–water partition coefficient (Wildman–Crippen LogP) is 4.38. The van der Waals surface area contributed by atoms with Crippen LogP contribution >= 0.6 is 0 Å². The molecule has 7 heteroatoms. The lowest BCUT2D eigenvalue weighted by molar-refractivity contribution is -0.613. The summed E-state index contributed by atoms with van der Waals surface area (Å²) < 4.78 is 6.38. The van der Waals surface area contributed by atoms with Crippen molar-refractivity contribution in [3.05, 3.63) is 84.2 Å². The highest BCUT2D eigenvalue weighted by Crippen LogP contribution is 2.24. The molecule has 0 fully saturated rings. The molecule has 1 aromatic carbocycles. The van der Waals surface area contributed by atoms with Crippen LogP contribution in [0.4, 0.5) is 0 Å². The van der Waals surface area contributed by atoms with Crippen molar-refractivity contribution in [1.82, 2.24) is 24.5 Å². The average Bonchev–Trinajstić information content (AvgIpc) is 3.49. The molecule has 180 valence electrons. The van der Waals surface area contributed by atoms with Crippen LogP contribution in [0.15, 0.2) is 67.1 Å². The van der Waals surface area contributed by atoms with E-state index in [2.05, 4.69) is 148 Å². The highest BCUT2D eigenvalue weighted by molar-refractivity contribution is 6.81. The molecule has 6 nitrogen and oxygen atoms in total. The molecule has 3 aromatic heterocycles. The van der Waals surface area contributed by atoms with Crippen LogP contribution in [0.5, 0.6) is 0 Å². The van der Waals surface area contributed by atoms with Crippen molar-refractivity contribution in [3.8, 4) is 0 Å². The van der Waals surface area contributed by atoms with Gasteiger partial charge >= 0.3 is 6.55 Å². The first kappa shape index (κ1) is 24.1. The number of rotatable bonds is 4. The van der Waals surface area contributed by atoms with Gasteiger partial charge in [0.1, 0.15) is 6.20 Å². The molecular weight excluding hydrogens is 419 g/mol. The van der Waals surface area contributed by atoms with Crippen LogP contribution in [0, 0.1) is 0 Å². The Hall–Kier alpha value is -3.09. The highest BCUT2D eigenvalue weighted by atomic mass is 15.5. The number of hydrogen-bond acceptors (Lipinski definition) is 2. The first-order valence-corrected chi connectivity index (χ1v) is 12.2. The van der Waals surface area contributed by atoms with E-state index in [9.17, 15) is 0 Å². The number of nitrogens with one attached hydrogen (secondary N) is 1. The van der Waals surface area contributed by atoms with Crippen molar-refractivity contribution in [2.24, 2.45) is 0 Å². The summed E-state index contributed by atoms with van der Waals surface area (Å²) in [4.78, 5) is 0. The molecule has 1 N–H and O–H groups in total. The van der Waals surface area contributed by atoms with Crippen LogP contribution in [0.1, 0.15) is 79.4 Å². The fraction of sp³-hybridized carbons (Fsp3) is 0.444. The molecule has 0 saturated carbocycles. The molecule has 0 spiro atoms. The minimum atomic E-state index is -1.84. The standard InChI is InChI=1S/C27H39BN6/c1-25(2,3)22-15-18-32(29-22)28(21-13-11-10-12-14-21,33-19-16-23(30-33)26(4,5)6)34-20-17-24(31-34)27(7,8)9/h10-20,29H,1-9H3. The van der Waals surface area contributed by atoms with E-state index in [1.165, 1.54) is 0 Å². The van der Waals surface area contributed by atoms with Gasteiger partial charge in [-0.3, -0.25) is 4.59 Å². The maximum absolute atomic E-state index is 5.17. The number of aromatic amines is 1. The van der Waals surface area contributed by atoms with E-state index in [1.54, 1.807) is 0 Å². The molecule has 3 heterocycles. The summed E-state index contributed by atoms with van der Waals surface area (Å²) in [6.07, 6.45) is 6.32. The van der Waals surface area contributed by atoms with Crippen LogP contribution in [-0.2, 0) is 16.2 Å². The molecule has 0 bridgehead atoms. The second-order valence-electron chi connectivity index (χ2n) is 12.5. The van der Waals surface area contributed by atoms with E-state index in [4.69, 9.17) is 10.2 Å². The van der Waals surface area contributed by atoms with Gasteiger partial charge in [0.2, 0.25) is 0 Å². The maximum Gasteiger partial charge on any atom is 0.565 e.